The van der Waals surface area contributed by atoms with E-state index < -0.39 is 0 Å². The SMILES string of the molecule is CNC1C(Sc2n[nH]c(=O)n2C(C)C)CCC1(C)C. The smallest absolute Gasteiger partial charge is 0.315 e. The molecule has 1 aliphatic rings. The predicted octanol–water partition coefficient (Wildman–Crippen LogP) is 2.02. The predicted molar refractivity (Wildman–Crippen MR) is 78.7 cm³/mol. The molecule has 2 N–H and O–H groups in total. The molecule has 2 unspecified atom stereocenters. The topological polar surface area (TPSA) is 62.7 Å². The van der Waals surface area contributed by atoms with E-state index >= 15 is 0 Å². The maximum absolute atomic E-state index is 11.7. The van der Waals surface area contributed by atoms with Gasteiger partial charge in [0, 0.05) is 17.3 Å². The average molecular weight is 284 g/mol. The second-order valence-electron chi connectivity index (χ2n) is 6.22. The summed E-state index contributed by atoms with van der Waals surface area (Å²) in [6.45, 7) is 8.62. The Morgan fingerprint density at radius 1 is 1.53 bits per heavy atom. The van der Waals surface area contributed by atoms with Crippen LogP contribution in [0.15, 0.2) is 9.95 Å². The van der Waals surface area contributed by atoms with E-state index in [2.05, 4.69) is 29.4 Å². The van der Waals surface area contributed by atoms with Crippen molar-refractivity contribution in [1.82, 2.24) is 20.1 Å². The van der Waals surface area contributed by atoms with Crippen LogP contribution in [-0.2, 0) is 0 Å². The normalized spacial score (nSPS) is 26.2. The van der Waals surface area contributed by atoms with Crippen LogP contribution in [-0.4, -0.2) is 33.1 Å². The van der Waals surface area contributed by atoms with E-state index in [1.165, 1.54) is 6.42 Å². The minimum Gasteiger partial charge on any atom is -0.315 e. The number of H-pyrrole nitrogens is 1. The summed E-state index contributed by atoms with van der Waals surface area (Å²) in [6.07, 6.45) is 2.36. The fraction of sp³-hybridized carbons (Fsp3) is 0.846. The monoisotopic (exact) mass is 284 g/mol. The Morgan fingerprint density at radius 2 is 2.21 bits per heavy atom. The van der Waals surface area contributed by atoms with Gasteiger partial charge in [-0.25, -0.2) is 9.89 Å². The molecule has 0 spiro atoms. The number of aromatic amines is 1. The maximum Gasteiger partial charge on any atom is 0.344 e. The van der Waals surface area contributed by atoms with E-state index in [-0.39, 0.29) is 11.7 Å². The van der Waals surface area contributed by atoms with Gasteiger partial charge in [-0.3, -0.25) is 4.57 Å². The fourth-order valence-corrected chi connectivity index (χ4v) is 4.66. The van der Waals surface area contributed by atoms with Crippen molar-refractivity contribution >= 4 is 11.8 Å². The van der Waals surface area contributed by atoms with E-state index in [1.54, 1.807) is 16.3 Å². The minimum absolute atomic E-state index is 0.115. The van der Waals surface area contributed by atoms with Crippen LogP contribution in [0.25, 0.3) is 0 Å². The largest absolute Gasteiger partial charge is 0.344 e. The van der Waals surface area contributed by atoms with Gasteiger partial charge in [0.05, 0.1) is 0 Å². The lowest BCUT2D eigenvalue weighted by Gasteiger charge is -2.29. The van der Waals surface area contributed by atoms with Crippen LogP contribution in [0.1, 0.15) is 46.6 Å². The molecule has 0 saturated heterocycles. The molecular formula is C13H24N4OS. The summed E-state index contributed by atoms with van der Waals surface area (Å²) in [4.78, 5) is 11.7. The van der Waals surface area contributed by atoms with Crippen molar-refractivity contribution in [2.45, 2.75) is 63.0 Å². The number of hydrogen-bond acceptors (Lipinski definition) is 4. The third-order valence-electron chi connectivity index (χ3n) is 4.04. The first-order chi connectivity index (χ1) is 8.86. The number of hydrogen-bond donors (Lipinski definition) is 2. The molecule has 108 valence electrons. The van der Waals surface area contributed by atoms with E-state index in [0.717, 1.165) is 11.6 Å². The van der Waals surface area contributed by atoms with Crippen LogP contribution < -0.4 is 11.0 Å². The van der Waals surface area contributed by atoms with Gasteiger partial charge in [0.2, 0.25) is 0 Å². The van der Waals surface area contributed by atoms with Crippen molar-refractivity contribution < 1.29 is 0 Å². The van der Waals surface area contributed by atoms with E-state index in [1.807, 2.05) is 20.9 Å². The summed E-state index contributed by atoms with van der Waals surface area (Å²) in [5.74, 6) is 0. The molecule has 0 aromatic carbocycles. The number of thioether (sulfide) groups is 1. The van der Waals surface area contributed by atoms with Crippen molar-refractivity contribution in [2.75, 3.05) is 7.05 Å². The zero-order valence-electron chi connectivity index (χ0n) is 12.4. The average Bonchev–Trinajstić information content (AvgIpc) is 2.80. The lowest BCUT2D eigenvalue weighted by atomic mass is 9.87. The summed E-state index contributed by atoms with van der Waals surface area (Å²) in [6, 6.07) is 0.584. The van der Waals surface area contributed by atoms with Crippen LogP contribution in [0.5, 0.6) is 0 Å². The molecule has 1 heterocycles. The molecule has 0 radical (unpaired) electrons. The van der Waals surface area contributed by atoms with E-state index in [9.17, 15) is 4.79 Å². The van der Waals surface area contributed by atoms with Crippen molar-refractivity contribution in [3.05, 3.63) is 10.5 Å². The quantitative estimate of drug-likeness (QED) is 0.888. The minimum atomic E-state index is -0.115. The van der Waals surface area contributed by atoms with Gasteiger partial charge in [-0.15, -0.1) is 5.10 Å². The number of nitrogens with zero attached hydrogens (tertiary/aromatic N) is 2. The Labute approximate surface area is 118 Å². The summed E-state index contributed by atoms with van der Waals surface area (Å²) in [5, 5.41) is 11.4. The van der Waals surface area contributed by atoms with Crippen LogP contribution >= 0.6 is 11.8 Å². The second kappa shape index (κ2) is 5.32. The van der Waals surface area contributed by atoms with Crippen molar-refractivity contribution in [3.8, 4) is 0 Å². The van der Waals surface area contributed by atoms with Gasteiger partial charge in [0.1, 0.15) is 0 Å². The number of nitrogens with one attached hydrogen (secondary N) is 2. The molecule has 0 amide bonds. The summed E-state index contributed by atoms with van der Waals surface area (Å²) in [5.41, 5.74) is 0.182. The van der Waals surface area contributed by atoms with Crippen molar-refractivity contribution in [3.63, 3.8) is 0 Å². The molecule has 6 heteroatoms. The first-order valence-electron chi connectivity index (χ1n) is 6.87. The van der Waals surface area contributed by atoms with E-state index in [0.29, 0.717) is 16.7 Å². The molecule has 1 saturated carbocycles. The van der Waals surface area contributed by atoms with Crippen LogP contribution in [0.4, 0.5) is 0 Å². The van der Waals surface area contributed by atoms with Crippen LogP contribution in [0, 0.1) is 5.41 Å². The zero-order valence-corrected chi connectivity index (χ0v) is 13.2. The molecule has 2 rings (SSSR count). The molecule has 0 aliphatic heterocycles. The Balaban J connectivity index is 2.21. The van der Waals surface area contributed by atoms with Crippen LogP contribution in [0.2, 0.25) is 0 Å². The first-order valence-corrected chi connectivity index (χ1v) is 7.75. The number of rotatable bonds is 4. The maximum atomic E-state index is 11.7. The molecule has 1 aromatic heterocycles. The lowest BCUT2D eigenvalue weighted by molar-refractivity contribution is 0.300. The molecular weight excluding hydrogens is 260 g/mol. The Bertz CT molecular complexity index is 491. The molecule has 1 aliphatic carbocycles. The standard InChI is InChI=1S/C13H24N4OS/c1-8(2)17-11(18)15-16-12(17)19-9-6-7-13(3,4)10(9)14-5/h8-10,14H,6-7H2,1-5H3,(H,15,18). The van der Waals surface area contributed by atoms with Gasteiger partial charge < -0.3 is 5.32 Å². The highest BCUT2D eigenvalue weighted by molar-refractivity contribution is 7.99. The van der Waals surface area contributed by atoms with Gasteiger partial charge in [-0.05, 0) is 39.2 Å². The molecule has 2 atom stereocenters. The molecule has 1 aromatic rings. The molecule has 0 bridgehead atoms. The third kappa shape index (κ3) is 2.74. The number of aromatic nitrogens is 3. The Hall–Kier alpha value is -0.750. The molecule has 1 fully saturated rings. The Morgan fingerprint density at radius 3 is 2.79 bits per heavy atom. The summed E-state index contributed by atoms with van der Waals surface area (Å²) in [7, 11) is 2.02. The zero-order chi connectivity index (χ0) is 14.2. The van der Waals surface area contributed by atoms with Crippen molar-refractivity contribution in [1.29, 1.82) is 0 Å². The lowest BCUT2D eigenvalue weighted by Crippen LogP contribution is -2.41. The molecule has 5 nitrogen and oxygen atoms in total. The molecule has 19 heavy (non-hydrogen) atoms. The second-order valence-corrected chi connectivity index (χ2v) is 7.43. The van der Waals surface area contributed by atoms with Gasteiger partial charge >= 0.3 is 5.69 Å². The van der Waals surface area contributed by atoms with Gasteiger partial charge in [-0.2, -0.15) is 0 Å². The highest BCUT2D eigenvalue weighted by atomic mass is 32.2. The van der Waals surface area contributed by atoms with E-state index in [4.69, 9.17) is 0 Å². The first kappa shape index (κ1) is 14.7. The summed E-state index contributed by atoms with van der Waals surface area (Å²) < 4.78 is 1.74. The third-order valence-corrected chi connectivity index (χ3v) is 5.35. The van der Waals surface area contributed by atoms with Gasteiger partial charge in [0.25, 0.3) is 0 Å². The highest BCUT2D eigenvalue weighted by Gasteiger charge is 2.42. The fourth-order valence-electron chi connectivity index (χ4n) is 3.01. The highest BCUT2D eigenvalue weighted by Crippen LogP contribution is 2.44. The van der Waals surface area contributed by atoms with Gasteiger partial charge in [0.15, 0.2) is 5.16 Å². The Kier molecular flexibility index (Phi) is 4.11. The van der Waals surface area contributed by atoms with Crippen LogP contribution in [0.3, 0.4) is 0 Å². The van der Waals surface area contributed by atoms with Gasteiger partial charge in [-0.1, -0.05) is 25.6 Å². The van der Waals surface area contributed by atoms with Crippen molar-refractivity contribution in [2.24, 2.45) is 5.41 Å². The summed E-state index contributed by atoms with van der Waals surface area (Å²) >= 11 is 1.72.